The monoisotopic (exact) mass is 358 g/mol. The van der Waals surface area contributed by atoms with Crippen LogP contribution in [0.15, 0.2) is 79.3 Å². The van der Waals surface area contributed by atoms with E-state index >= 15 is 0 Å². The molecule has 0 saturated heterocycles. The summed E-state index contributed by atoms with van der Waals surface area (Å²) < 4.78 is 7.56. The van der Waals surface area contributed by atoms with Gasteiger partial charge in [-0.15, -0.1) is 0 Å². The van der Waals surface area contributed by atoms with E-state index in [0.29, 0.717) is 18.2 Å². The summed E-state index contributed by atoms with van der Waals surface area (Å²) in [5, 5.41) is 2.93. The van der Waals surface area contributed by atoms with Gasteiger partial charge in [0.15, 0.2) is 0 Å². The Morgan fingerprint density at radius 3 is 2.78 bits per heavy atom. The van der Waals surface area contributed by atoms with E-state index < -0.39 is 0 Å². The number of fused-ring (bicyclic) bond motifs is 1. The maximum Gasteiger partial charge on any atom is 0.240 e. The van der Waals surface area contributed by atoms with Crippen LogP contribution in [-0.2, 0) is 17.9 Å². The van der Waals surface area contributed by atoms with Crippen molar-refractivity contribution in [3.63, 3.8) is 0 Å². The first-order chi connectivity index (χ1) is 13.3. The minimum Gasteiger partial charge on any atom is -0.439 e. The van der Waals surface area contributed by atoms with Gasteiger partial charge in [-0.2, -0.15) is 0 Å². The molecule has 0 saturated carbocycles. The summed E-state index contributed by atoms with van der Waals surface area (Å²) in [6, 6.07) is 20.8. The van der Waals surface area contributed by atoms with Crippen molar-refractivity contribution in [1.82, 2.24) is 19.9 Å². The number of nitrogens with one attached hydrogen (secondary N) is 1. The lowest BCUT2D eigenvalue weighted by Gasteiger charge is -2.09. The molecule has 4 rings (SSSR count). The Balaban J connectivity index is 1.37. The van der Waals surface area contributed by atoms with Crippen molar-refractivity contribution in [1.29, 1.82) is 0 Å². The second-order valence-corrected chi connectivity index (χ2v) is 6.06. The lowest BCUT2D eigenvalue weighted by atomic mass is 10.2. The summed E-state index contributed by atoms with van der Waals surface area (Å²) in [6.45, 7) is 0.648. The number of ether oxygens (including phenoxy) is 1. The minimum atomic E-state index is -0.0748. The second kappa shape index (κ2) is 7.70. The Hall–Kier alpha value is -3.67. The van der Waals surface area contributed by atoms with Crippen LogP contribution in [-0.4, -0.2) is 20.4 Å². The molecule has 2 aromatic carbocycles. The van der Waals surface area contributed by atoms with E-state index in [1.54, 1.807) is 18.6 Å². The summed E-state index contributed by atoms with van der Waals surface area (Å²) in [7, 11) is 0. The lowest BCUT2D eigenvalue weighted by molar-refractivity contribution is -0.121. The summed E-state index contributed by atoms with van der Waals surface area (Å²) in [5.41, 5.74) is 2.77. The Kier molecular flexibility index (Phi) is 4.78. The van der Waals surface area contributed by atoms with Gasteiger partial charge in [-0.05, 0) is 35.9 Å². The molecule has 1 amide bonds. The fraction of sp³-hybridized carbons (Fsp3) is 0.0952. The van der Waals surface area contributed by atoms with Gasteiger partial charge in [0.2, 0.25) is 11.8 Å². The van der Waals surface area contributed by atoms with Crippen molar-refractivity contribution in [3.05, 3.63) is 84.8 Å². The number of nitrogens with zero attached hydrogens (tertiary/aromatic N) is 3. The first-order valence-corrected chi connectivity index (χ1v) is 8.62. The van der Waals surface area contributed by atoms with Crippen molar-refractivity contribution in [3.8, 4) is 11.6 Å². The van der Waals surface area contributed by atoms with Crippen LogP contribution in [0.2, 0.25) is 0 Å². The van der Waals surface area contributed by atoms with Gasteiger partial charge in [-0.25, -0.2) is 9.97 Å². The summed E-state index contributed by atoms with van der Waals surface area (Å²) in [4.78, 5) is 20.7. The van der Waals surface area contributed by atoms with Gasteiger partial charge in [-0.3, -0.25) is 4.79 Å². The molecular formula is C21H18N4O2. The van der Waals surface area contributed by atoms with Gasteiger partial charge >= 0.3 is 0 Å². The van der Waals surface area contributed by atoms with E-state index in [1.165, 1.54) is 0 Å². The first kappa shape index (κ1) is 16.8. The van der Waals surface area contributed by atoms with Crippen LogP contribution < -0.4 is 10.1 Å². The third-order valence-corrected chi connectivity index (χ3v) is 4.09. The highest BCUT2D eigenvalue weighted by Gasteiger charge is 2.07. The maximum absolute atomic E-state index is 12.3. The van der Waals surface area contributed by atoms with Gasteiger partial charge in [-0.1, -0.05) is 30.3 Å². The molecule has 0 unspecified atom stereocenters. The molecule has 4 aromatic rings. The van der Waals surface area contributed by atoms with Gasteiger partial charge in [0, 0.05) is 18.8 Å². The summed E-state index contributed by atoms with van der Waals surface area (Å²) in [6.07, 6.45) is 3.37. The Morgan fingerprint density at radius 1 is 1.00 bits per heavy atom. The SMILES string of the molecule is O=C(Cn1cnc2ccccc21)NCc1cccc(Oc2ccccn2)c1. The number of carbonyl (C=O) groups is 1. The molecule has 0 spiro atoms. The van der Waals surface area contributed by atoms with Gasteiger partial charge < -0.3 is 14.6 Å². The third-order valence-electron chi connectivity index (χ3n) is 4.09. The molecule has 27 heavy (non-hydrogen) atoms. The van der Waals surface area contributed by atoms with Crippen LogP contribution in [0.4, 0.5) is 0 Å². The highest BCUT2D eigenvalue weighted by Crippen LogP contribution is 2.20. The van der Waals surface area contributed by atoms with E-state index in [0.717, 1.165) is 16.6 Å². The molecule has 0 aliphatic carbocycles. The molecular weight excluding hydrogens is 340 g/mol. The Labute approximate surface area is 156 Å². The average molecular weight is 358 g/mol. The zero-order valence-electron chi connectivity index (χ0n) is 14.6. The number of carbonyl (C=O) groups excluding carboxylic acids is 1. The largest absolute Gasteiger partial charge is 0.439 e. The number of pyridine rings is 1. The predicted molar refractivity (Wildman–Crippen MR) is 102 cm³/mol. The second-order valence-electron chi connectivity index (χ2n) is 6.06. The average Bonchev–Trinajstić information content (AvgIpc) is 3.10. The number of hydrogen-bond donors (Lipinski definition) is 1. The first-order valence-electron chi connectivity index (χ1n) is 8.62. The number of benzene rings is 2. The fourth-order valence-corrected chi connectivity index (χ4v) is 2.79. The molecule has 0 aliphatic heterocycles. The maximum atomic E-state index is 12.3. The fourth-order valence-electron chi connectivity index (χ4n) is 2.79. The zero-order valence-corrected chi connectivity index (χ0v) is 14.6. The number of rotatable bonds is 6. The van der Waals surface area contributed by atoms with Crippen LogP contribution in [0, 0.1) is 0 Å². The predicted octanol–water partition coefficient (Wildman–Crippen LogP) is 3.54. The molecule has 6 nitrogen and oxygen atoms in total. The topological polar surface area (TPSA) is 69.0 Å². The van der Waals surface area contributed by atoms with Crippen molar-refractivity contribution in [2.45, 2.75) is 13.1 Å². The van der Waals surface area contributed by atoms with Crippen LogP contribution in [0.5, 0.6) is 11.6 Å². The van der Waals surface area contributed by atoms with Gasteiger partial charge in [0.25, 0.3) is 0 Å². The van der Waals surface area contributed by atoms with Gasteiger partial charge in [0.05, 0.1) is 17.4 Å². The lowest BCUT2D eigenvalue weighted by Crippen LogP contribution is -2.26. The quantitative estimate of drug-likeness (QED) is 0.572. The molecule has 0 fully saturated rings. The number of aromatic nitrogens is 3. The number of imidazole rings is 1. The van der Waals surface area contributed by atoms with Crippen molar-refractivity contribution < 1.29 is 9.53 Å². The number of para-hydroxylation sites is 2. The zero-order chi connectivity index (χ0) is 18.5. The van der Waals surface area contributed by atoms with Crippen LogP contribution in [0.3, 0.4) is 0 Å². The normalized spacial score (nSPS) is 10.7. The third kappa shape index (κ3) is 4.12. The van der Waals surface area contributed by atoms with Crippen molar-refractivity contribution in [2.24, 2.45) is 0 Å². The number of hydrogen-bond acceptors (Lipinski definition) is 4. The van der Waals surface area contributed by atoms with E-state index in [4.69, 9.17) is 4.74 Å². The molecule has 134 valence electrons. The van der Waals surface area contributed by atoms with Gasteiger partial charge in [0.1, 0.15) is 12.3 Å². The van der Waals surface area contributed by atoms with E-state index in [-0.39, 0.29) is 12.5 Å². The van der Waals surface area contributed by atoms with E-state index in [9.17, 15) is 4.79 Å². The highest BCUT2D eigenvalue weighted by atomic mass is 16.5. The minimum absolute atomic E-state index is 0.0748. The van der Waals surface area contributed by atoms with Crippen LogP contribution in [0.1, 0.15) is 5.56 Å². The molecule has 0 radical (unpaired) electrons. The molecule has 0 atom stereocenters. The molecule has 2 aromatic heterocycles. The molecule has 0 aliphatic rings. The summed E-state index contributed by atoms with van der Waals surface area (Å²) in [5.74, 6) is 1.14. The molecule has 2 heterocycles. The summed E-state index contributed by atoms with van der Waals surface area (Å²) >= 11 is 0. The van der Waals surface area contributed by atoms with E-state index in [1.807, 2.05) is 65.2 Å². The Morgan fingerprint density at radius 2 is 1.89 bits per heavy atom. The van der Waals surface area contributed by atoms with Crippen molar-refractivity contribution in [2.75, 3.05) is 0 Å². The highest BCUT2D eigenvalue weighted by molar-refractivity contribution is 5.80. The van der Waals surface area contributed by atoms with Crippen LogP contribution in [0.25, 0.3) is 11.0 Å². The van der Waals surface area contributed by atoms with Crippen molar-refractivity contribution >= 4 is 16.9 Å². The Bertz CT molecular complexity index is 1060. The van der Waals surface area contributed by atoms with E-state index in [2.05, 4.69) is 15.3 Å². The molecule has 1 N–H and O–H groups in total. The molecule has 0 bridgehead atoms. The standard InChI is InChI=1S/C21H18N4O2/c26-20(14-25-15-24-18-8-1-2-9-19(18)25)23-13-16-6-5-7-17(12-16)27-21-10-3-4-11-22-21/h1-12,15H,13-14H2,(H,23,26). The van der Waals surface area contributed by atoms with Crippen LogP contribution >= 0.6 is 0 Å². The smallest absolute Gasteiger partial charge is 0.240 e. The molecule has 6 heteroatoms. The number of amides is 1.